The molecule has 58 valence electrons. The normalized spacial score (nSPS) is 19.3. The van der Waals surface area contributed by atoms with Crippen LogP contribution < -0.4 is 11.5 Å². The van der Waals surface area contributed by atoms with E-state index < -0.39 is 0 Å². The SMILES string of the molecule is NC(N)CC1=CCCCC1. The van der Waals surface area contributed by atoms with Crippen LogP contribution in [-0.2, 0) is 0 Å². The Labute approximate surface area is 62.3 Å². The third kappa shape index (κ3) is 2.50. The lowest BCUT2D eigenvalue weighted by molar-refractivity contribution is 0.622. The second kappa shape index (κ2) is 3.74. The Balaban J connectivity index is 2.31. The number of allylic oxidation sites excluding steroid dienone is 1. The molecule has 0 aromatic rings. The molecule has 0 aliphatic heterocycles. The Morgan fingerprint density at radius 2 is 2.20 bits per heavy atom. The van der Waals surface area contributed by atoms with Crippen LogP contribution >= 0.6 is 0 Å². The van der Waals surface area contributed by atoms with Gasteiger partial charge in [-0.05, 0) is 32.1 Å². The standard InChI is InChI=1S/C8H16N2/c9-8(10)6-7-4-2-1-3-5-7/h4,8H,1-3,5-6,9-10H2. The van der Waals surface area contributed by atoms with Crippen LogP contribution in [0.5, 0.6) is 0 Å². The van der Waals surface area contributed by atoms with Gasteiger partial charge < -0.3 is 11.5 Å². The van der Waals surface area contributed by atoms with Gasteiger partial charge in [0, 0.05) is 0 Å². The molecule has 4 N–H and O–H groups in total. The van der Waals surface area contributed by atoms with Crippen LogP contribution in [0.1, 0.15) is 32.1 Å². The summed E-state index contributed by atoms with van der Waals surface area (Å²) in [5.41, 5.74) is 12.4. The fraction of sp³-hybridized carbons (Fsp3) is 0.750. The van der Waals surface area contributed by atoms with Crippen LogP contribution in [0, 0.1) is 0 Å². The van der Waals surface area contributed by atoms with Gasteiger partial charge in [0.1, 0.15) is 0 Å². The molecule has 1 aliphatic carbocycles. The van der Waals surface area contributed by atoms with E-state index >= 15 is 0 Å². The fourth-order valence-electron chi connectivity index (χ4n) is 1.39. The van der Waals surface area contributed by atoms with Crippen molar-refractivity contribution in [2.24, 2.45) is 11.5 Å². The molecule has 0 aromatic carbocycles. The second-order valence-electron chi connectivity index (χ2n) is 2.98. The zero-order valence-electron chi connectivity index (χ0n) is 6.34. The smallest absolute Gasteiger partial charge is 0.0559 e. The third-order valence-corrected chi connectivity index (χ3v) is 1.88. The van der Waals surface area contributed by atoms with Gasteiger partial charge in [-0.15, -0.1) is 0 Å². The average molecular weight is 140 g/mol. The molecular formula is C8H16N2. The van der Waals surface area contributed by atoms with Crippen molar-refractivity contribution in [3.05, 3.63) is 11.6 Å². The van der Waals surface area contributed by atoms with Crippen LogP contribution in [0.15, 0.2) is 11.6 Å². The number of hydrogen-bond acceptors (Lipinski definition) is 2. The van der Waals surface area contributed by atoms with Crippen molar-refractivity contribution < 1.29 is 0 Å². The summed E-state index contributed by atoms with van der Waals surface area (Å²) in [6.45, 7) is 0. The summed E-state index contributed by atoms with van der Waals surface area (Å²) < 4.78 is 0. The minimum absolute atomic E-state index is 0.149. The molecule has 0 atom stereocenters. The van der Waals surface area contributed by atoms with Crippen LogP contribution in [0.3, 0.4) is 0 Å². The first-order valence-electron chi connectivity index (χ1n) is 3.98. The quantitative estimate of drug-likeness (QED) is 0.446. The van der Waals surface area contributed by atoms with Crippen molar-refractivity contribution in [3.63, 3.8) is 0 Å². The maximum absolute atomic E-state index is 5.46. The predicted molar refractivity (Wildman–Crippen MR) is 43.3 cm³/mol. The molecule has 0 aromatic heterocycles. The Morgan fingerprint density at radius 3 is 2.70 bits per heavy atom. The first-order valence-corrected chi connectivity index (χ1v) is 3.98. The Morgan fingerprint density at radius 1 is 1.40 bits per heavy atom. The van der Waals surface area contributed by atoms with Gasteiger partial charge in [-0.1, -0.05) is 11.6 Å². The lowest BCUT2D eigenvalue weighted by Crippen LogP contribution is -2.30. The fourth-order valence-corrected chi connectivity index (χ4v) is 1.39. The molecule has 0 amide bonds. The zero-order valence-corrected chi connectivity index (χ0v) is 6.34. The van der Waals surface area contributed by atoms with Gasteiger partial charge in [0.2, 0.25) is 0 Å². The summed E-state index contributed by atoms with van der Waals surface area (Å²) >= 11 is 0. The monoisotopic (exact) mass is 140 g/mol. The first kappa shape index (κ1) is 7.76. The Kier molecular flexibility index (Phi) is 2.90. The molecule has 1 aliphatic rings. The molecule has 0 unspecified atom stereocenters. The molecule has 10 heavy (non-hydrogen) atoms. The highest BCUT2D eigenvalue weighted by Gasteiger charge is 2.04. The molecule has 0 saturated heterocycles. The van der Waals surface area contributed by atoms with Gasteiger partial charge in [-0.2, -0.15) is 0 Å². The van der Waals surface area contributed by atoms with Crippen LogP contribution in [0.2, 0.25) is 0 Å². The summed E-state index contributed by atoms with van der Waals surface area (Å²) in [4.78, 5) is 0. The van der Waals surface area contributed by atoms with E-state index in [1.807, 2.05) is 0 Å². The highest BCUT2D eigenvalue weighted by atomic mass is 14.8. The highest BCUT2D eigenvalue weighted by molar-refractivity contribution is 5.05. The van der Waals surface area contributed by atoms with Crippen LogP contribution in [0.4, 0.5) is 0 Å². The van der Waals surface area contributed by atoms with Crippen molar-refractivity contribution in [1.82, 2.24) is 0 Å². The molecule has 0 fully saturated rings. The summed E-state index contributed by atoms with van der Waals surface area (Å²) in [7, 11) is 0. The summed E-state index contributed by atoms with van der Waals surface area (Å²) in [5.74, 6) is 0. The number of hydrogen-bond donors (Lipinski definition) is 2. The van der Waals surface area contributed by atoms with Crippen LogP contribution in [0.25, 0.3) is 0 Å². The molecule has 0 radical (unpaired) electrons. The van der Waals surface area contributed by atoms with Gasteiger partial charge in [0.25, 0.3) is 0 Å². The molecule has 1 rings (SSSR count). The topological polar surface area (TPSA) is 52.0 Å². The number of rotatable bonds is 2. The van der Waals surface area contributed by atoms with Gasteiger partial charge >= 0.3 is 0 Å². The predicted octanol–water partition coefficient (Wildman–Crippen LogP) is 1.12. The van der Waals surface area contributed by atoms with E-state index in [0.29, 0.717) is 0 Å². The van der Waals surface area contributed by atoms with E-state index in [2.05, 4.69) is 6.08 Å². The van der Waals surface area contributed by atoms with E-state index in [0.717, 1.165) is 6.42 Å². The molecule has 0 bridgehead atoms. The molecule has 0 heterocycles. The lowest BCUT2D eigenvalue weighted by Gasteiger charge is -2.13. The van der Waals surface area contributed by atoms with E-state index in [-0.39, 0.29) is 6.17 Å². The summed E-state index contributed by atoms with van der Waals surface area (Å²) in [5, 5.41) is 0. The van der Waals surface area contributed by atoms with Crippen LogP contribution in [-0.4, -0.2) is 6.17 Å². The van der Waals surface area contributed by atoms with E-state index in [4.69, 9.17) is 11.5 Å². The molecule has 2 nitrogen and oxygen atoms in total. The van der Waals surface area contributed by atoms with Crippen molar-refractivity contribution in [2.75, 3.05) is 0 Å². The minimum atomic E-state index is -0.149. The molecule has 0 saturated carbocycles. The minimum Gasteiger partial charge on any atom is -0.316 e. The molecular weight excluding hydrogens is 124 g/mol. The average Bonchev–Trinajstić information content (AvgIpc) is 1.88. The zero-order chi connectivity index (χ0) is 7.40. The molecule has 0 spiro atoms. The van der Waals surface area contributed by atoms with Crippen molar-refractivity contribution in [2.45, 2.75) is 38.3 Å². The largest absolute Gasteiger partial charge is 0.316 e. The van der Waals surface area contributed by atoms with Crippen molar-refractivity contribution in [1.29, 1.82) is 0 Å². The number of nitrogens with two attached hydrogens (primary N) is 2. The van der Waals surface area contributed by atoms with Gasteiger partial charge in [-0.3, -0.25) is 0 Å². The van der Waals surface area contributed by atoms with E-state index in [9.17, 15) is 0 Å². The van der Waals surface area contributed by atoms with Crippen molar-refractivity contribution in [3.8, 4) is 0 Å². The molecule has 2 heteroatoms. The lowest BCUT2D eigenvalue weighted by atomic mass is 9.96. The highest BCUT2D eigenvalue weighted by Crippen LogP contribution is 2.19. The van der Waals surface area contributed by atoms with Gasteiger partial charge in [-0.25, -0.2) is 0 Å². The maximum atomic E-state index is 5.46. The Hall–Kier alpha value is -0.340. The summed E-state index contributed by atoms with van der Waals surface area (Å²) in [6, 6.07) is 0. The van der Waals surface area contributed by atoms with Crippen molar-refractivity contribution >= 4 is 0 Å². The van der Waals surface area contributed by atoms with E-state index in [1.54, 1.807) is 0 Å². The first-order chi connectivity index (χ1) is 4.79. The van der Waals surface area contributed by atoms with Gasteiger partial charge in [0.15, 0.2) is 0 Å². The summed E-state index contributed by atoms with van der Waals surface area (Å²) in [6.07, 6.45) is 8.12. The second-order valence-corrected chi connectivity index (χ2v) is 2.98. The Bertz CT molecular complexity index is 127. The van der Waals surface area contributed by atoms with Gasteiger partial charge in [0.05, 0.1) is 6.17 Å². The third-order valence-electron chi connectivity index (χ3n) is 1.88. The van der Waals surface area contributed by atoms with E-state index in [1.165, 1.54) is 31.3 Å². The maximum Gasteiger partial charge on any atom is 0.0559 e.